The van der Waals surface area contributed by atoms with Crippen LogP contribution in [0.15, 0.2) is 10.7 Å². The first-order valence-corrected chi connectivity index (χ1v) is 7.63. The Bertz CT molecular complexity index is 537. The minimum atomic E-state index is -0.495. The first-order valence-electron chi connectivity index (χ1n) is 6.83. The molecule has 1 aromatic heterocycles. The number of rotatable bonds is 0. The molecule has 2 heterocycles. The summed E-state index contributed by atoms with van der Waals surface area (Å²) in [5.74, 6) is 0.378. The molecule has 0 spiro atoms. The van der Waals surface area contributed by atoms with Gasteiger partial charge in [0.2, 0.25) is 0 Å². The average Bonchev–Trinajstić information content (AvgIpc) is 2.31. The predicted octanol–water partition coefficient (Wildman–Crippen LogP) is 4.09. The Morgan fingerprint density at radius 3 is 2.75 bits per heavy atom. The fourth-order valence-corrected chi connectivity index (χ4v) is 2.70. The minimum Gasteiger partial charge on any atom is -0.443 e. The second kappa shape index (κ2) is 5.35. The SMILES string of the molecule is Cc1c(Br)cnc2c1N(C(=O)OC(C)(C)C)CC(C)C2. The molecule has 1 atom stereocenters. The van der Waals surface area contributed by atoms with Crippen LogP contribution >= 0.6 is 15.9 Å². The minimum absolute atomic E-state index is 0.298. The molecular formula is C15H21BrN2O2. The summed E-state index contributed by atoms with van der Waals surface area (Å²) >= 11 is 3.49. The van der Waals surface area contributed by atoms with Crippen LogP contribution in [-0.4, -0.2) is 23.2 Å². The van der Waals surface area contributed by atoms with Crippen molar-refractivity contribution in [3.63, 3.8) is 0 Å². The van der Waals surface area contributed by atoms with Crippen molar-refractivity contribution >= 4 is 27.7 Å². The van der Waals surface area contributed by atoms with Crippen molar-refractivity contribution in [1.82, 2.24) is 4.98 Å². The normalized spacial score (nSPS) is 18.7. The van der Waals surface area contributed by atoms with Crippen molar-refractivity contribution in [3.8, 4) is 0 Å². The van der Waals surface area contributed by atoms with E-state index in [1.165, 1.54) is 0 Å². The number of pyridine rings is 1. The molecule has 0 aliphatic carbocycles. The van der Waals surface area contributed by atoms with Gasteiger partial charge < -0.3 is 4.74 Å². The Labute approximate surface area is 128 Å². The van der Waals surface area contributed by atoms with Crippen LogP contribution in [0, 0.1) is 12.8 Å². The van der Waals surface area contributed by atoms with Crippen LogP contribution in [0.3, 0.4) is 0 Å². The molecule has 0 saturated heterocycles. The van der Waals surface area contributed by atoms with Crippen molar-refractivity contribution in [2.45, 2.75) is 46.6 Å². The van der Waals surface area contributed by atoms with Crippen LogP contribution in [0.25, 0.3) is 0 Å². The number of fused-ring (bicyclic) bond motifs is 1. The number of carbonyl (C=O) groups is 1. The highest BCUT2D eigenvalue weighted by atomic mass is 79.9. The number of halogens is 1. The molecule has 1 aliphatic rings. The van der Waals surface area contributed by atoms with Crippen LogP contribution in [0.5, 0.6) is 0 Å². The van der Waals surface area contributed by atoms with Gasteiger partial charge in [-0.05, 0) is 61.5 Å². The number of amides is 1. The van der Waals surface area contributed by atoms with Crippen LogP contribution in [-0.2, 0) is 11.2 Å². The molecule has 2 rings (SSSR count). The summed E-state index contributed by atoms with van der Waals surface area (Å²) in [6.07, 6.45) is 2.40. The van der Waals surface area contributed by atoms with E-state index in [0.717, 1.165) is 27.8 Å². The van der Waals surface area contributed by atoms with Gasteiger partial charge in [0, 0.05) is 17.2 Å². The monoisotopic (exact) mass is 340 g/mol. The largest absolute Gasteiger partial charge is 0.443 e. The highest BCUT2D eigenvalue weighted by Gasteiger charge is 2.32. The maximum Gasteiger partial charge on any atom is 0.414 e. The zero-order valence-electron chi connectivity index (χ0n) is 12.7. The van der Waals surface area contributed by atoms with Crippen LogP contribution in [0.2, 0.25) is 0 Å². The zero-order chi connectivity index (χ0) is 15.1. The Balaban J connectivity index is 2.41. The Morgan fingerprint density at radius 2 is 2.15 bits per heavy atom. The lowest BCUT2D eigenvalue weighted by atomic mass is 9.96. The molecule has 0 bridgehead atoms. The van der Waals surface area contributed by atoms with E-state index in [2.05, 4.69) is 27.8 Å². The molecule has 5 heteroatoms. The first kappa shape index (κ1) is 15.3. The van der Waals surface area contributed by atoms with Gasteiger partial charge in [-0.3, -0.25) is 9.88 Å². The zero-order valence-corrected chi connectivity index (χ0v) is 14.2. The molecule has 0 radical (unpaired) electrons. The lowest BCUT2D eigenvalue weighted by Gasteiger charge is -2.35. The van der Waals surface area contributed by atoms with Crippen LogP contribution in [0.1, 0.15) is 39.0 Å². The molecule has 1 aromatic rings. The summed E-state index contributed by atoms with van der Waals surface area (Å²) in [5.41, 5.74) is 2.40. The number of ether oxygens (including phenoxy) is 1. The summed E-state index contributed by atoms with van der Waals surface area (Å²) in [6.45, 7) is 10.4. The average molecular weight is 341 g/mol. The molecular weight excluding hydrogens is 320 g/mol. The molecule has 1 aliphatic heterocycles. The van der Waals surface area contributed by atoms with Crippen molar-refractivity contribution in [1.29, 1.82) is 0 Å². The van der Waals surface area contributed by atoms with E-state index in [4.69, 9.17) is 4.74 Å². The summed E-state index contributed by atoms with van der Waals surface area (Å²) in [7, 11) is 0. The smallest absolute Gasteiger partial charge is 0.414 e. The van der Waals surface area contributed by atoms with Crippen LogP contribution < -0.4 is 4.90 Å². The van der Waals surface area contributed by atoms with Crippen molar-refractivity contribution in [3.05, 3.63) is 21.9 Å². The molecule has 4 nitrogen and oxygen atoms in total. The van der Waals surface area contributed by atoms with Gasteiger partial charge >= 0.3 is 6.09 Å². The van der Waals surface area contributed by atoms with Gasteiger partial charge in [0.05, 0.1) is 11.4 Å². The topological polar surface area (TPSA) is 42.4 Å². The number of anilines is 1. The van der Waals surface area contributed by atoms with E-state index in [1.807, 2.05) is 27.7 Å². The van der Waals surface area contributed by atoms with Gasteiger partial charge in [-0.1, -0.05) is 6.92 Å². The third kappa shape index (κ3) is 3.14. The lowest BCUT2D eigenvalue weighted by Crippen LogP contribution is -2.43. The molecule has 1 amide bonds. The molecule has 1 unspecified atom stereocenters. The third-order valence-electron chi connectivity index (χ3n) is 3.24. The van der Waals surface area contributed by atoms with Gasteiger partial charge in [0.15, 0.2) is 0 Å². The first-order chi connectivity index (χ1) is 9.19. The van der Waals surface area contributed by atoms with E-state index >= 15 is 0 Å². The number of hydrogen-bond donors (Lipinski definition) is 0. The number of hydrogen-bond acceptors (Lipinski definition) is 3. The molecule has 0 aromatic carbocycles. The second-order valence-electron chi connectivity index (χ2n) is 6.43. The second-order valence-corrected chi connectivity index (χ2v) is 7.28. The van der Waals surface area contributed by atoms with Gasteiger partial charge in [-0.2, -0.15) is 0 Å². The molecule has 0 saturated carbocycles. The van der Waals surface area contributed by atoms with Crippen molar-refractivity contribution in [2.24, 2.45) is 5.92 Å². The quantitative estimate of drug-likeness (QED) is 0.714. The molecule has 0 fully saturated rings. The fraction of sp³-hybridized carbons (Fsp3) is 0.600. The van der Waals surface area contributed by atoms with E-state index < -0.39 is 5.60 Å². The summed E-state index contributed by atoms with van der Waals surface area (Å²) in [6, 6.07) is 0. The lowest BCUT2D eigenvalue weighted by molar-refractivity contribution is 0.0571. The standard InChI is InChI=1S/C15H21BrN2O2/c1-9-6-12-13(10(2)11(16)7-17-12)18(8-9)14(19)20-15(3,4)5/h7,9H,6,8H2,1-5H3. The Hall–Kier alpha value is -1.10. The summed E-state index contributed by atoms with van der Waals surface area (Å²) < 4.78 is 6.44. The fourth-order valence-electron chi connectivity index (χ4n) is 2.41. The van der Waals surface area contributed by atoms with Crippen LogP contribution in [0.4, 0.5) is 10.5 Å². The Morgan fingerprint density at radius 1 is 1.50 bits per heavy atom. The number of nitrogens with zero attached hydrogens (tertiary/aromatic N) is 2. The summed E-state index contributed by atoms with van der Waals surface area (Å²) in [4.78, 5) is 18.6. The molecule has 20 heavy (non-hydrogen) atoms. The van der Waals surface area contributed by atoms with Gasteiger partial charge in [0.1, 0.15) is 5.60 Å². The number of aromatic nitrogens is 1. The van der Waals surface area contributed by atoms with Crippen molar-refractivity contribution in [2.75, 3.05) is 11.4 Å². The highest BCUT2D eigenvalue weighted by Crippen LogP contribution is 2.35. The van der Waals surface area contributed by atoms with Gasteiger partial charge in [-0.15, -0.1) is 0 Å². The van der Waals surface area contributed by atoms with Crippen molar-refractivity contribution < 1.29 is 9.53 Å². The van der Waals surface area contributed by atoms with E-state index in [1.54, 1.807) is 11.1 Å². The van der Waals surface area contributed by atoms with E-state index in [0.29, 0.717) is 12.5 Å². The van der Waals surface area contributed by atoms with E-state index in [-0.39, 0.29) is 6.09 Å². The van der Waals surface area contributed by atoms with Gasteiger partial charge in [-0.25, -0.2) is 4.79 Å². The summed E-state index contributed by atoms with van der Waals surface area (Å²) in [5, 5.41) is 0. The molecule has 0 N–H and O–H groups in total. The highest BCUT2D eigenvalue weighted by molar-refractivity contribution is 9.10. The predicted molar refractivity (Wildman–Crippen MR) is 83.1 cm³/mol. The van der Waals surface area contributed by atoms with Gasteiger partial charge in [0.25, 0.3) is 0 Å². The van der Waals surface area contributed by atoms with E-state index in [9.17, 15) is 4.79 Å². The third-order valence-corrected chi connectivity index (χ3v) is 4.04. The maximum atomic E-state index is 12.4. The number of carbonyl (C=O) groups excluding carboxylic acids is 1. The maximum absolute atomic E-state index is 12.4. The Kier molecular flexibility index (Phi) is 4.09. The molecule has 110 valence electrons.